The van der Waals surface area contributed by atoms with Gasteiger partial charge in [-0.15, -0.1) is 0 Å². The van der Waals surface area contributed by atoms with Crippen molar-refractivity contribution in [3.63, 3.8) is 0 Å². The van der Waals surface area contributed by atoms with Crippen LogP contribution >= 0.6 is 11.8 Å². The highest BCUT2D eigenvalue weighted by molar-refractivity contribution is 7.99. The lowest BCUT2D eigenvalue weighted by Gasteiger charge is -2.13. The molecule has 1 rings (SSSR count). The molecule has 1 atom stereocenters. The third kappa shape index (κ3) is 2.99. The Morgan fingerprint density at radius 2 is 2.40 bits per heavy atom. The Bertz CT molecular complexity index is 348. The van der Waals surface area contributed by atoms with Crippen molar-refractivity contribution in [1.29, 1.82) is 0 Å². The number of thioether (sulfide) groups is 1. The van der Waals surface area contributed by atoms with E-state index in [1.165, 1.54) is 11.8 Å². The molecule has 15 heavy (non-hydrogen) atoms. The third-order valence-electron chi connectivity index (χ3n) is 2.39. The van der Waals surface area contributed by atoms with E-state index in [-0.39, 0.29) is 11.9 Å². The zero-order chi connectivity index (χ0) is 11.4. The molecule has 1 amide bonds. The molecular weight excluding hydrogens is 210 g/mol. The van der Waals surface area contributed by atoms with Crippen LogP contribution in [0.15, 0.2) is 6.20 Å². The molecule has 84 valence electrons. The third-order valence-corrected chi connectivity index (χ3v) is 2.94. The molecule has 1 heterocycles. The average molecular weight is 227 g/mol. The van der Waals surface area contributed by atoms with Gasteiger partial charge < -0.3 is 5.32 Å². The Kier molecular flexibility index (Phi) is 4.20. The highest BCUT2D eigenvalue weighted by Crippen LogP contribution is 2.15. The molecule has 0 aliphatic carbocycles. The summed E-state index contributed by atoms with van der Waals surface area (Å²) in [6.07, 6.45) is 3.72. The monoisotopic (exact) mass is 227 g/mol. The van der Waals surface area contributed by atoms with Gasteiger partial charge in [0.2, 0.25) is 5.91 Å². The van der Waals surface area contributed by atoms with Gasteiger partial charge in [-0.3, -0.25) is 9.48 Å². The van der Waals surface area contributed by atoms with Crippen molar-refractivity contribution in [2.24, 2.45) is 7.05 Å². The fourth-order valence-electron chi connectivity index (χ4n) is 1.43. The lowest BCUT2D eigenvalue weighted by atomic mass is 10.1. The van der Waals surface area contributed by atoms with Gasteiger partial charge in [0.05, 0.1) is 18.0 Å². The summed E-state index contributed by atoms with van der Waals surface area (Å²) in [4.78, 5) is 11.4. The lowest BCUT2D eigenvalue weighted by Crippen LogP contribution is -2.28. The van der Waals surface area contributed by atoms with E-state index in [0.29, 0.717) is 5.75 Å². The second kappa shape index (κ2) is 5.21. The fourth-order valence-corrected chi connectivity index (χ4v) is 1.78. The van der Waals surface area contributed by atoms with E-state index in [1.807, 2.05) is 31.8 Å². The molecule has 0 fully saturated rings. The van der Waals surface area contributed by atoms with Crippen molar-refractivity contribution in [3.8, 4) is 0 Å². The molecule has 1 aromatic rings. The second-order valence-electron chi connectivity index (χ2n) is 3.53. The first-order valence-corrected chi connectivity index (χ1v) is 6.22. The summed E-state index contributed by atoms with van der Waals surface area (Å²) in [5, 5.41) is 7.09. The number of carbonyl (C=O) groups is 1. The molecule has 0 bridgehead atoms. The van der Waals surface area contributed by atoms with E-state index in [1.54, 1.807) is 6.20 Å². The molecule has 0 spiro atoms. The van der Waals surface area contributed by atoms with Crippen LogP contribution in [0.25, 0.3) is 0 Å². The van der Waals surface area contributed by atoms with Crippen molar-refractivity contribution < 1.29 is 4.79 Å². The number of nitrogens with one attached hydrogen (secondary N) is 1. The molecule has 4 nitrogen and oxygen atoms in total. The molecule has 5 heteroatoms. The number of carbonyl (C=O) groups excluding carboxylic acids is 1. The molecule has 0 aliphatic heterocycles. The van der Waals surface area contributed by atoms with Gasteiger partial charge in [0, 0.05) is 18.3 Å². The lowest BCUT2D eigenvalue weighted by molar-refractivity contribution is -0.119. The predicted molar refractivity (Wildman–Crippen MR) is 62.9 cm³/mol. The van der Waals surface area contributed by atoms with Crippen molar-refractivity contribution in [2.45, 2.75) is 19.9 Å². The first-order chi connectivity index (χ1) is 7.06. The van der Waals surface area contributed by atoms with Gasteiger partial charge >= 0.3 is 0 Å². The largest absolute Gasteiger partial charge is 0.349 e. The van der Waals surface area contributed by atoms with Crippen LogP contribution in [0.4, 0.5) is 0 Å². The Morgan fingerprint density at radius 1 is 1.73 bits per heavy atom. The normalized spacial score (nSPS) is 12.5. The summed E-state index contributed by atoms with van der Waals surface area (Å²) in [5.41, 5.74) is 2.17. The Morgan fingerprint density at radius 3 is 2.87 bits per heavy atom. The van der Waals surface area contributed by atoms with Gasteiger partial charge in [0.1, 0.15) is 0 Å². The molecular formula is C10H17N3OS. The van der Waals surface area contributed by atoms with Crippen molar-refractivity contribution in [3.05, 3.63) is 17.5 Å². The van der Waals surface area contributed by atoms with E-state index >= 15 is 0 Å². The minimum Gasteiger partial charge on any atom is -0.349 e. The van der Waals surface area contributed by atoms with E-state index < -0.39 is 0 Å². The number of aryl methyl sites for hydroxylation is 1. The van der Waals surface area contributed by atoms with E-state index in [0.717, 1.165) is 11.3 Å². The molecule has 0 saturated carbocycles. The molecule has 1 N–H and O–H groups in total. The molecule has 0 aromatic carbocycles. The van der Waals surface area contributed by atoms with Crippen LogP contribution in [0.2, 0.25) is 0 Å². The van der Waals surface area contributed by atoms with Gasteiger partial charge in [-0.25, -0.2) is 0 Å². The maximum atomic E-state index is 11.4. The topological polar surface area (TPSA) is 46.9 Å². The molecule has 0 aliphatic rings. The van der Waals surface area contributed by atoms with E-state index in [2.05, 4.69) is 10.4 Å². The highest BCUT2D eigenvalue weighted by atomic mass is 32.2. The molecule has 0 saturated heterocycles. The Balaban J connectivity index is 2.65. The first kappa shape index (κ1) is 12.1. The average Bonchev–Trinajstić information content (AvgIpc) is 2.48. The predicted octanol–water partition coefficient (Wildman–Crippen LogP) is 1.27. The quantitative estimate of drug-likeness (QED) is 0.842. The van der Waals surface area contributed by atoms with E-state index in [9.17, 15) is 4.79 Å². The highest BCUT2D eigenvalue weighted by Gasteiger charge is 2.13. The van der Waals surface area contributed by atoms with Crippen LogP contribution in [0.3, 0.4) is 0 Å². The van der Waals surface area contributed by atoms with Gasteiger partial charge in [0.15, 0.2) is 0 Å². The standard InChI is InChI=1S/C10H17N3OS/c1-7(12-10(14)6-15-4)9-5-11-13(3)8(9)2/h5,7H,6H2,1-4H3,(H,12,14). The minimum absolute atomic E-state index is 0.0262. The van der Waals surface area contributed by atoms with E-state index in [4.69, 9.17) is 0 Å². The Hall–Kier alpha value is -0.970. The van der Waals surface area contributed by atoms with Crippen LogP contribution < -0.4 is 5.32 Å². The number of aromatic nitrogens is 2. The van der Waals surface area contributed by atoms with Crippen molar-refractivity contribution in [1.82, 2.24) is 15.1 Å². The minimum atomic E-state index is 0.0262. The summed E-state index contributed by atoms with van der Waals surface area (Å²) in [7, 11) is 1.90. The van der Waals surface area contributed by atoms with Crippen molar-refractivity contribution in [2.75, 3.05) is 12.0 Å². The van der Waals surface area contributed by atoms with Gasteiger partial charge in [-0.2, -0.15) is 16.9 Å². The van der Waals surface area contributed by atoms with Crippen LogP contribution in [0.1, 0.15) is 24.2 Å². The van der Waals surface area contributed by atoms with Crippen LogP contribution in [0, 0.1) is 6.92 Å². The SMILES string of the molecule is CSCC(=O)NC(C)c1cnn(C)c1C. The summed E-state index contributed by atoms with van der Waals surface area (Å²) in [5.74, 6) is 0.571. The fraction of sp³-hybridized carbons (Fsp3) is 0.600. The second-order valence-corrected chi connectivity index (χ2v) is 4.40. The number of hydrogen-bond acceptors (Lipinski definition) is 3. The summed E-state index contributed by atoms with van der Waals surface area (Å²) < 4.78 is 1.81. The maximum Gasteiger partial charge on any atom is 0.230 e. The number of nitrogens with zero attached hydrogens (tertiary/aromatic N) is 2. The number of amides is 1. The van der Waals surface area contributed by atoms with Crippen molar-refractivity contribution >= 4 is 17.7 Å². The number of hydrogen-bond donors (Lipinski definition) is 1. The molecule has 1 unspecified atom stereocenters. The Labute approximate surface area is 94.4 Å². The zero-order valence-electron chi connectivity index (χ0n) is 9.57. The van der Waals surface area contributed by atoms with Gasteiger partial charge in [-0.1, -0.05) is 0 Å². The summed E-state index contributed by atoms with van der Waals surface area (Å²) in [6, 6.07) is 0.0262. The molecule has 1 aromatic heterocycles. The van der Waals surface area contributed by atoms with Crippen LogP contribution in [0.5, 0.6) is 0 Å². The van der Waals surface area contributed by atoms with Crippen LogP contribution in [-0.4, -0.2) is 27.7 Å². The summed E-state index contributed by atoms with van der Waals surface area (Å²) >= 11 is 1.52. The summed E-state index contributed by atoms with van der Waals surface area (Å²) in [6.45, 7) is 3.97. The van der Waals surface area contributed by atoms with Crippen LogP contribution in [-0.2, 0) is 11.8 Å². The van der Waals surface area contributed by atoms with Gasteiger partial charge in [-0.05, 0) is 20.1 Å². The maximum absolute atomic E-state index is 11.4. The first-order valence-electron chi connectivity index (χ1n) is 4.83. The molecule has 0 radical (unpaired) electrons. The van der Waals surface area contributed by atoms with Gasteiger partial charge in [0.25, 0.3) is 0 Å². The smallest absolute Gasteiger partial charge is 0.230 e. The number of rotatable bonds is 4. The zero-order valence-corrected chi connectivity index (χ0v) is 10.4.